The van der Waals surface area contributed by atoms with E-state index in [4.69, 9.17) is 9.84 Å². The molecule has 2 aliphatic heterocycles. The minimum absolute atomic E-state index is 0.00629. The molecule has 3 rings (SSSR count). The van der Waals surface area contributed by atoms with Crippen LogP contribution in [0.15, 0.2) is 29.3 Å². The third-order valence-corrected chi connectivity index (χ3v) is 6.02. The number of amidine groups is 1. The highest BCUT2D eigenvalue weighted by Crippen LogP contribution is 2.29. The van der Waals surface area contributed by atoms with Crippen molar-refractivity contribution in [1.29, 1.82) is 0 Å². The van der Waals surface area contributed by atoms with Crippen molar-refractivity contribution in [2.75, 3.05) is 32.6 Å². The van der Waals surface area contributed by atoms with Crippen molar-refractivity contribution < 1.29 is 29.6 Å². The Hall–Kier alpha value is -2.34. The summed E-state index contributed by atoms with van der Waals surface area (Å²) in [4.78, 5) is 31.9. The first-order valence-electron chi connectivity index (χ1n) is 9.52. The second-order valence-corrected chi connectivity index (χ2v) is 8.19. The molecule has 1 aromatic carbocycles. The number of benzene rings is 1. The Kier molecular flexibility index (Phi) is 7.19. The van der Waals surface area contributed by atoms with Crippen LogP contribution in [0.25, 0.3) is 0 Å². The first-order chi connectivity index (χ1) is 14.3. The molecular weight excluding hydrogens is 412 g/mol. The van der Waals surface area contributed by atoms with E-state index in [1.165, 1.54) is 11.9 Å². The van der Waals surface area contributed by atoms with Crippen LogP contribution < -0.4 is 10.1 Å². The molecule has 1 aromatic rings. The molecule has 4 unspecified atom stereocenters. The van der Waals surface area contributed by atoms with Crippen LogP contribution in [0.3, 0.4) is 0 Å². The van der Waals surface area contributed by atoms with Gasteiger partial charge in [-0.15, -0.1) is 0 Å². The first-order valence-corrected chi connectivity index (χ1v) is 10.5. The fourth-order valence-corrected chi connectivity index (χ4v) is 4.20. The van der Waals surface area contributed by atoms with Crippen LogP contribution in [-0.4, -0.2) is 99.2 Å². The Morgan fingerprint density at radius 1 is 1.27 bits per heavy atom. The van der Waals surface area contributed by atoms with Gasteiger partial charge in [-0.3, -0.25) is 10.1 Å². The second kappa shape index (κ2) is 9.65. The number of amides is 3. The van der Waals surface area contributed by atoms with E-state index in [-0.39, 0.29) is 18.9 Å². The Labute approximate surface area is 178 Å². The zero-order valence-electron chi connectivity index (χ0n) is 16.8. The zero-order valence-corrected chi connectivity index (χ0v) is 17.6. The number of hydrogen-bond acceptors (Lipinski definition) is 9. The lowest BCUT2D eigenvalue weighted by molar-refractivity contribution is -0.127. The van der Waals surface area contributed by atoms with Crippen molar-refractivity contribution in [3.8, 4) is 5.75 Å². The third-order valence-electron chi connectivity index (χ3n) is 4.87. The maximum Gasteiger partial charge on any atom is 0.325 e. The number of aliphatic hydroxyl groups is 3. The number of urea groups is 1. The Morgan fingerprint density at radius 2 is 2.00 bits per heavy atom. The molecule has 1 fully saturated rings. The first kappa shape index (κ1) is 22.3. The summed E-state index contributed by atoms with van der Waals surface area (Å²) in [6, 6.07) is 6.10. The predicted octanol–water partition coefficient (Wildman–Crippen LogP) is -0.631. The number of fused-ring (bicyclic) bond motifs is 1. The standard InChI is InChI=1S/C19H26N4O6S/c1-11-5-3-4-6-14(11)29-9-12(25)7-23-15-16(22(2)18(28)21-17(15)27)20-19(23)30-10-13(26)8-24/h3-6,12-13,15-16,24-26H,7-10H2,1-2H3,(H,21,27,28). The number of para-hydroxylation sites is 1. The molecule has 10 nitrogen and oxygen atoms in total. The van der Waals surface area contributed by atoms with Gasteiger partial charge in [0.1, 0.15) is 18.5 Å². The maximum atomic E-state index is 12.5. The van der Waals surface area contributed by atoms with Crippen molar-refractivity contribution >= 4 is 28.9 Å². The monoisotopic (exact) mass is 438 g/mol. The number of rotatable bonds is 8. The van der Waals surface area contributed by atoms with E-state index in [1.54, 1.807) is 4.90 Å². The number of nitrogens with zero attached hydrogens (tertiary/aromatic N) is 3. The van der Waals surface area contributed by atoms with Gasteiger partial charge in [0.2, 0.25) is 0 Å². The zero-order chi connectivity index (χ0) is 21.8. The summed E-state index contributed by atoms with van der Waals surface area (Å²) in [6.45, 7) is 1.55. The topological polar surface area (TPSA) is 135 Å². The van der Waals surface area contributed by atoms with Gasteiger partial charge in [-0.05, 0) is 18.6 Å². The number of nitrogens with one attached hydrogen (secondary N) is 1. The summed E-state index contributed by atoms with van der Waals surface area (Å²) < 4.78 is 5.70. The van der Waals surface area contributed by atoms with E-state index in [2.05, 4.69) is 10.3 Å². The average molecular weight is 439 g/mol. The van der Waals surface area contributed by atoms with Gasteiger partial charge in [0.05, 0.1) is 19.3 Å². The van der Waals surface area contributed by atoms with Crippen LogP contribution in [0.2, 0.25) is 0 Å². The van der Waals surface area contributed by atoms with E-state index in [0.717, 1.165) is 17.3 Å². The number of carbonyl (C=O) groups excluding carboxylic acids is 2. The minimum Gasteiger partial charge on any atom is -0.491 e. The predicted molar refractivity (Wildman–Crippen MR) is 111 cm³/mol. The number of aliphatic imine (C=N–C) groups is 1. The lowest BCUT2D eigenvalue weighted by Gasteiger charge is -2.36. The van der Waals surface area contributed by atoms with E-state index >= 15 is 0 Å². The van der Waals surface area contributed by atoms with Gasteiger partial charge >= 0.3 is 6.03 Å². The lowest BCUT2D eigenvalue weighted by Crippen LogP contribution is -2.64. The van der Waals surface area contributed by atoms with Gasteiger partial charge in [-0.25, -0.2) is 9.79 Å². The Balaban J connectivity index is 1.71. The molecule has 0 aliphatic carbocycles. The number of thioether (sulfide) groups is 1. The molecular formula is C19H26N4O6S. The summed E-state index contributed by atoms with van der Waals surface area (Å²) in [5.41, 5.74) is 0.938. The molecule has 3 amide bonds. The molecule has 0 spiro atoms. The number of aliphatic hydroxyl groups excluding tert-OH is 3. The van der Waals surface area contributed by atoms with Crippen molar-refractivity contribution in [2.45, 2.75) is 31.3 Å². The number of likely N-dealkylation sites (N-methyl/N-ethyl adjacent to an activating group) is 1. The summed E-state index contributed by atoms with van der Waals surface area (Å²) in [6.07, 6.45) is -2.62. The minimum atomic E-state index is -0.954. The van der Waals surface area contributed by atoms with Crippen molar-refractivity contribution in [3.05, 3.63) is 29.8 Å². The number of aryl methyl sites for hydroxylation is 1. The molecule has 0 radical (unpaired) electrons. The molecule has 11 heteroatoms. The van der Waals surface area contributed by atoms with Crippen LogP contribution in [0, 0.1) is 6.92 Å². The third kappa shape index (κ3) is 4.86. The highest BCUT2D eigenvalue weighted by molar-refractivity contribution is 8.13. The van der Waals surface area contributed by atoms with E-state index < -0.39 is 43.0 Å². The van der Waals surface area contributed by atoms with E-state index in [0.29, 0.717) is 10.9 Å². The molecule has 0 saturated carbocycles. The SMILES string of the molecule is Cc1ccccc1OCC(O)CN1C(SCC(O)CO)=NC2C1C(=O)NC(=O)N2C. The van der Waals surface area contributed by atoms with Crippen LogP contribution >= 0.6 is 11.8 Å². The van der Waals surface area contributed by atoms with E-state index in [9.17, 15) is 19.8 Å². The van der Waals surface area contributed by atoms with Gasteiger partial charge in [0.25, 0.3) is 5.91 Å². The van der Waals surface area contributed by atoms with Crippen LogP contribution in [-0.2, 0) is 4.79 Å². The molecule has 2 aliphatic rings. The van der Waals surface area contributed by atoms with Gasteiger partial charge in [0, 0.05) is 12.8 Å². The largest absolute Gasteiger partial charge is 0.491 e. The Morgan fingerprint density at radius 3 is 2.70 bits per heavy atom. The van der Waals surface area contributed by atoms with Gasteiger partial charge in [-0.1, -0.05) is 30.0 Å². The summed E-state index contributed by atoms with van der Waals surface area (Å²) >= 11 is 1.15. The van der Waals surface area contributed by atoms with Crippen molar-refractivity contribution in [2.24, 2.45) is 4.99 Å². The van der Waals surface area contributed by atoms with E-state index in [1.807, 2.05) is 31.2 Å². The Bertz CT molecular complexity index is 822. The van der Waals surface area contributed by atoms with Gasteiger partial charge in [0.15, 0.2) is 17.4 Å². The molecule has 1 saturated heterocycles. The fourth-order valence-electron chi connectivity index (χ4n) is 3.22. The molecule has 164 valence electrons. The van der Waals surface area contributed by atoms with Crippen LogP contribution in [0.1, 0.15) is 5.56 Å². The van der Waals surface area contributed by atoms with Gasteiger partial charge < -0.3 is 29.9 Å². The number of imide groups is 1. The second-order valence-electron chi connectivity index (χ2n) is 7.21. The quantitative estimate of drug-likeness (QED) is 0.421. The van der Waals surface area contributed by atoms with Crippen molar-refractivity contribution in [3.63, 3.8) is 0 Å². The highest BCUT2D eigenvalue weighted by Gasteiger charge is 2.49. The number of carbonyl (C=O) groups is 2. The number of β-amino-alcohol motifs (C(OH)–C–C–N with tert-alkyl or cyclic N) is 1. The molecule has 4 N–H and O–H groups in total. The fraction of sp³-hybridized carbons (Fsp3) is 0.526. The summed E-state index contributed by atoms with van der Waals surface area (Å²) in [7, 11) is 1.54. The highest BCUT2D eigenvalue weighted by atomic mass is 32.2. The summed E-state index contributed by atoms with van der Waals surface area (Å²) in [5.74, 6) is 0.309. The van der Waals surface area contributed by atoms with Gasteiger partial charge in [-0.2, -0.15) is 0 Å². The molecule has 30 heavy (non-hydrogen) atoms. The molecule has 0 aromatic heterocycles. The number of hydrogen-bond donors (Lipinski definition) is 4. The van der Waals surface area contributed by atoms with Crippen LogP contribution in [0.5, 0.6) is 5.75 Å². The number of ether oxygens (including phenoxy) is 1. The normalized spacial score (nSPS) is 23.0. The molecule has 2 heterocycles. The van der Waals surface area contributed by atoms with Crippen LogP contribution in [0.4, 0.5) is 4.79 Å². The average Bonchev–Trinajstić information content (AvgIpc) is 3.08. The summed E-state index contributed by atoms with van der Waals surface area (Å²) in [5, 5.41) is 32.0. The maximum absolute atomic E-state index is 12.5. The van der Waals surface area contributed by atoms with Crippen molar-refractivity contribution in [1.82, 2.24) is 15.1 Å². The smallest absolute Gasteiger partial charge is 0.325 e. The lowest BCUT2D eigenvalue weighted by atomic mass is 10.1. The molecule has 4 atom stereocenters. The molecule has 0 bridgehead atoms.